The number of fused-ring (bicyclic) bond motifs is 1. The number of hydrogen-bond acceptors (Lipinski definition) is 5. The minimum Gasteiger partial charge on any atom is -0.507 e. The number of nitrogens with one attached hydrogen (secondary N) is 1. The van der Waals surface area contributed by atoms with Gasteiger partial charge in [0, 0.05) is 21.5 Å². The summed E-state index contributed by atoms with van der Waals surface area (Å²) < 4.78 is 4.96. The first-order chi connectivity index (χ1) is 12.9. The lowest BCUT2D eigenvalue weighted by Crippen LogP contribution is -2.21. The highest BCUT2D eigenvalue weighted by Gasteiger charge is 2.19. The highest BCUT2D eigenvalue weighted by atomic mass is 35.5. The monoisotopic (exact) mass is 385 g/mol. The Bertz CT molecular complexity index is 1050. The Labute approximate surface area is 160 Å². The van der Waals surface area contributed by atoms with Crippen LogP contribution in [0.3, 0.4) is 0 Å². The Morgan fingerprint density at radius 2 is 1.78 bits per heavy atom. The van der Waals surface area contributed by atoms with Crippen molar-refractivity contribution in [2.75, 3.05) is 11.9 Å². The maximum atomic E-state index is 12.2. The summed E-state index contributed by atoms with van der Waals surface area (Å²) in [5, 5.41) is 24.1. The van der Waals surface area contributed by atoms with Gasteiger partial charge < -0.3 is 20.3 Å². The van der Waals surface area contributed by atoms with E-state index in [0.29, 0.717) is 27.0 Å². The lowest BCUT2D eigenvalue weighted by Gasteiger charge is -2.11. The van der Waals surface area contributed by atoms with Gasteiger partial charge in [0.05, 0.1) is 0 Å². The van der Waals surface area contributed by atoms with Gasteiger partial charge in [-0.3, -0.25) is 4.79 Å². The largest absolute Gasteiger partial charge is 0.507 e. The summed E-state index contributed by atoms with van der Waals surface area (Å²) in [7, 11) is 0. The molecule has 0 radical (unpaired) electrons. The fraction of sp³-hybridized carbons (Fsp3) is 0.100. The molecule has 27 heavy (non-hydrogen) atoms. The zero-order valence-corrected chi connectivity index (χ0v) is 15.1. The fourth-order valence-corrected chi connectivity index (χ4v) is 2.81. The first kappa shape index (κ1) is 18.5. The molecule has 7 heteroatoms. The second kappa shape index (κ2) is 7.55. The number of phenolic OH excluding ortho intramolecular Hbond substituents is 2. The maximum absolute atomic E-state index is 12.2. The van der Waals surface area contributed by atoms with Crippen LogP contribution in [0.15, 0.2) is 48.5 Å². The molecule has 0 saturated carbocycles. The number of esters is 1. The van der Waals surface area contributed by atoms with Crippen LogP contribution in [-0.2, 0) is 9.53 Å². The van der Waals surface area contributed by atoms with Crippen LogP contribution in [0.25, 0.3) is 10.8 Å². The summed E-state index contributed by atoms with van der Waals surface area (Å²) in [5.74, 6) is -1.97. The molecule has 0 fully saturated rings. The highest BCUT2D eigenvalue weighted by Crippen LogP contribution is 2.35. The number of amides is 1. The molecule has 3 aromatic carbocycles. The van der Waals surface area contributed by atoms with E-state index < -0.39 is 18.5 Å². The van der Waals surface area contributed by atoms with Crippen LogP contribution in [0.5, 0.6) is 11.5 Å². The third-order valence-corrected chi connectivity index (χ3v) is 4.50. The van der Waals surface area contributed by atoms with Crippen LogP contribution in [0, 0.1) is 6.92 Å². The zero-order chi connectivity index (χ0) is 19.6. The minimum atomic E-state index is -0.925. The van der Waals surface area contributed by atoms with Gasteiger partial charge >= 0.3 is 5.97 Å². The van der Waals surface area contributed by atoms with Crippen LogP contribution in [0.2, 0.25) is 5.02 Å². The number of phenols is 2. The number of benzene rings is 3. The molecule has 138 valence electrons. The third-order valence-electron chi connectivity index (χ3n) is 4.09. The van der Waals surface area contributed by atoms with E-state index in [2.05, 4.69) is 5.32 Å². The summed E-state index contributed by atoms with van der Waals surface area (Å²) in [6.07, 6.45) is 0. The fourth-order valence-electron chi connectivity index (χ4n) is 2.63. The van der Waals surface area contributed by atoms with Gasteiger partial charge in [-0.1, -0.05) is 41.9 Å². The number of carbonyl (C=O) groups excluding carboxylic acids is 2. The summed E-state index contributed by atoms with van der Waals surface area (Å²) in [6.45, 7) is 1.19. The average Bonchev–Trinajstić information content (AvgIpc) is 2.66. The first-order valence-electron chi connectivity index (χ1n) is 8.04. The Balaban J connectivity index is 1.72. The lowest BCUT2D eigenvalue weighted by atomic mass is 10.0. The number of carbonyl (C=O) groups is 2. The van der Waals surface area contributed by atoms with Gasteiger partial charge in [-0.25, -0.2) is 4.79 Å². The van der Waals surface area contributed by atoms with Crippen molar-refractivity contribution in [1.82, 2.24) is 0 Å². The normalized spacial score (nSPS) is 10.6. The topological polar surface area (TPSA) is 95.9 Å². The lowest BCUT2D eigenvalue weighted by molar-refractivity contribution is -0.119. The Morgan fingerprint density at radius 3 is 2.52 bits per heavy atom. The molecule has 3 aromatic rings. The second-order valence-electron chi connectivity index (χ2n) is 5.87. The number of ether oxygens (including phenoxy) is 1. The standard InChI is InChI=1S/C20H16ClNO5/c1-11-15(21)7-4-8-16(11)22-18(24)10-27-20(26)14-9-17(23)12-5-2-3-6-13(12)19(14)25/h2-9,23,25H,10H2,1H3,(H,22,24). The minimum absolute atomic E-state index is 0.172. The van der Waals surface area contributed by atoms with Crippen LogP contribution < -0.4 is 5.32 Å². The van der Waals surface area contributed by atoms with Gasteiger partial charge in [-0.2, -0.15) is 0 Å². The third kappa shape index (κ3) is 3.80. The number of rotatable bonds is 4. The van der Waals surface area contributed by atoms with Crippen LogP contribution >= 0.6 is 11.6 Å². The first-order valence-corrected chi connectivity index (χ1v) is 8.42. The van der Waals surface area contributed by atoms with E-state index in [1.807, 2.05) is 0 Å². The average molecular weight is 386 g/mol. The van der Waals surface area contributed by atoms with E-state index in [9.17, 15) is 19.8 Å². The number of aromatic hydroxyl groups is 2. The zero-order valence-electron chi connectivity index (χ0n) is 14.3. The van der Waals surface area contributed by atoms with E-state index in [1.54, 1.807) is 49.4 Å². The molecule has 0 bridgehead atoms. The van der Waals surface area contributed by atoms with Crippen molar-refractivity contribution in [2.45, 2.75) is 6.92 Å². The van der Waals surface area contributed by atoms with E-state index in [1.165, 1.54) is 0 Å². The van der Waals surface area contributed by atoms with Crippen molar-refractivity contribution in [3.8, 4) is 11.5 Å². The van der Waals surface area contributed by atoms with Gasteiger partial charge in [0.15, 0.2) is 6.61 Å². The molecule has 3 N–H and O–H groups in total. The van der Waals surface area contributed by atoms with Gasteiger partial charge in [0.25, 0.3) is 5.91 Å². The number of halogens is 1. The molecular weight excluding hydrogens is 370 g/mol. The molecule has 1 amide bonds. The van der Waals surface area contributed by atoms with Crippen LogP contribution in [0.4, 0.5) is 5.69 Å². The Morgan fingerprint density at radius 1 is 1.07 bits per heavy atom. The van der Waals surface area contributed by atoms with Gasteiger partial charge in [-0.05, 0) is 30.7 Å². The van der Waals surface area contributed by atoms with Gasteiger partial charge in [0.1, 0.15) is 17.1 Å². The molecule has 0 unspecified atom stereocenters. The summed E-state index contributed by atoms with van der Waals surface area (Å²) in [6, 6.07) is 12.7. The summed E-state index contributed by atoms with van der Waals surface area (Å²) in [4.78, 5) is 24.3. The molecular formula is C20H16ClNO5. The predicted molar refractivity (Wildman–Crippen MR) is 102 cm³/mol. The molecule has 0 atom stereocenters. The number of hydrogen-bond donors (Lipinski definition) is 3. The predicted octanol–water partition coefficient (Wildman–Crippen LogP) is 4.01. The number of anilines is 1. The van der Waals surface area contributed by atoms with E-state index >= 15 is 0 Å². The Kier molecular flexibility index (Phi) is 5.19. The molecule has 0 heterocycles. The molecule has 0 aromatic heterocycles. The SMILES string of the molecule is Cc1c(Cl)cccc1NC(=O)COC(=O)c1cc(O)c2ccccc2c1O. The molecule has 0 aliphatic heterocycles. The van der Waals surface area contributed by atoms with E-state index in [4.69, 9.17) is 16.3 Å². The smallest absolute Gasteiger partial charge is 0.342 e. The molecule has 6 nitrogen and oxygen atoms in total. The molecule has 0 aliphatic carbocycles. The molecule has 0 spiro atoms. The molecule has 0 aliphatic rings. The van der Waals surface area contributed by atoms with Crippen molar-refractivity contribution >= 4 is 39.9 Å². The second-order valence-corrected chi connectivity index (χ2v) is 6.28. The highest BCUT2D eigenvalue weighted by molar-refractivity contribution is 6.31. The summed E-state index contributed by atoms with van der Waals surface area (Å²) >= 11 is 6.00. The van der Waals surface area contributed by atoms with Crippen molar-refractivity contribution < 1.29 is 24.5 Å². The van der Waals surface area contributed by atoms with Crippen LogP contribution in [-0.4, -0.2) is 28.7 Å². The van der Waals surface area contributed by atoms with Crippen molar-refractivity contribution in [2.24, 2.45) is 0 Å². The Hall–Kier alpha value is -3.25. The van der Waals surface area contributed by atoms with E-state index in [-0.39, 0.29) is 17.1 Å². The van der Waals surface area contributed by atoms with Crippen molar-refractivity contribution in [1.29, 1.82) is 0 Å². The van der Waals surface area contributed by atoms with Gasteiger partial charge in [0.2, 0.25) is 0 Å². The van der Waals surface area contributed by atoms with Crippen molar-refractivity contribution in [3.63, 3.8) is 0 Å². The molecule has 0 saturated heterocycles. The van der Waals surface area contributed by atoms with Crippen LogP contribution in [0.1, 0.15) is 15.9 Å². The molecule has 3 rings (SSSR count). The summed E-state index contributed by atoms with van der Waals surface area (Å²) in [5.41, 5.74) is 0.976. The quantitative estimate of drug-likeness (QED) is 0.466. The van der Waals surface area contributed by atoms with Crippen molar-refractivity contribution in [3.05, 3.63) is 64.7 Å². The maximum Gasteiger partial charge on any atom is 0.342 e. The van der Waals surface area contributed by atoms with E-state index in [0.717, 1.165) is 6.07 Å². The van der Waals surface area contributed by atoms with Gasteiger partial charge in [-0.15, -0.1) is 0 Å².